The summed E-state index contributed by atoms with van der Waals surface area (Å²) in [6.45, 7) is 0. The van der Waals surface area contributed by atoms with Gasteiger partial charge in [0.15, 0.2) is 15.6 Å². The van der Waals surface area contributed by atoms with Crippen molar-refractivity contribution in [2.24, 2.45) is 0 Å². The van der Waals surface area contributed by atoms with Crippen molar-refractivity contribution < 1.29 is 13.2 Å². The van der Waals surface area contributed by atoms with E-state index in [2.05, 4.69) is 0 Å². The highest BCUT2D eigenvalue weighted by Crippen LogP contribution is 2.26. The molecule has 1 fully saturated rings. The molecule has 0 spiro atoms. The fourth-order valence-corrected chi connectivity index (χ4v) is 4.31. The van der Waals surface area contributed by atoms with E-state index in [4.69, 9.17) is 0 Å². The number of nitriles is 1. The third kappa shape index (κ3) is 2.85. The summed E-state index contributed by atoms with van der Waals surface area (Å²) in [5, 5.41) is 8.18. The van der Waals surface area contributed by atoms with E-state index in [1.165, 1.54) is 0 Å². The number of sulfone groups is 1. The van der Waals surface area contributed by atoms with Gasteiger partial charge in [0.05, 0.1) is 11.8 Å². The minimum atomic E-state index is -3.39. The van der Waals surface area contributed by atoms with Gasteiger partial charge in [-0.2, -0.15) is 5.26 Å². The Morgan fingerprint density at radius 3 is 2.53 bits per heavy atom. The predicted octanol–water partition coefficient (Wildman–Crippen LogP) is 1.83. The molecule has 1 aromatic carbocycles. The van der Waals surface area contributed by atoms with E-state index in [0.717, 1.165) is 6.42 Å². The molecule has 0 radical (unpaired) electrons. The van der Waals surface area contributed by atoms with Gasteiger partial charge >= 0.3 is 0 Å². The maximum Gasteiger partial charge on any atom is 0.172 e. The molecule has 0 bridgehead atoms. The van der Waals surface area contributed by atoms with E-state index in [-0.39, 0.29) is 5.75 Å². The Balaban J connectivity index is 2.30. The molecule has 0 amide bonds. The summed E-state index contributed by atoms with van der Waals surface area (Å²) in [5.74, 6) is -1.41. The Morgan fingerprint density at radius 1 is 1.26 bits per heavy atom. The van der Waals surface area contributed by atoms with Crippen LogP contribution in [0.5, 0.6) is 0 Å². The first-order valence-electron chi connectivity index (χ1n) is 6.26. The topological polar surface area (TPSA) is 75.0 Å². The highest BCUT2D eigenvalue weighted by atomic mass is 32.2. The second-order valence-electron chi connectivity index (χ2n) is 4.73. The van der Waals surface area contributed by atoms with Crippen LogP contribution in [0.3, 0.4) is 0 Å². The number of carbonyl (C=O) groups excluding carboxylic acids is 1. The molecule has 0 N–H and O–H groups in total. The molecule has 1 saturated heterocycles. The van der Waals surface area contributed by atoms with E-state index in [1.807, 2.05) is 6.07 Å². The van der Waals surface area contributed by atoms with Gasteiger partial charge in [-0.3, -0.25) is 4.79 Å². The quantitative estimate of drug-likeness (QED) is 0.844. The number of Topliss-reactive ketones (excluding diaryl/α,β-unsaturated/α-hetero) is 1. The van der Waals surface area contributed by atoms with Crippen molar-refractivity contribution in [2.45, 2.75) is 30.4 Å². The lowest BCUT2D eigenvalue weighted by atomic mass is 9.92. The fourth-order valence-electron chi connectivity index (χ4n) is 2.41. The van der Waals surface area contributed by atoms with Crippen LogP contribution in [0.15, 0.2) is 30.3 Å². The minimum Gasteiger partial charge on any atom is -0.296 e. The van der Waals surface area contributed by atoms with E-state index >= 15 is 0 Å². The summed E-state index contributed by atoms with van der Waals surface area (Å²) in [6, 6.07) is 10.6. The first-order chi connectivity index (χ1) is 9.06. The van der Waals surface area contributed by atoms with Crippen LogP contribution in [0, 0.1) is 11.3 Å². The monoisotopic (exact) mass is 277 g/mol. The molecule has 4 nitrogen and oxygen atoms in total. The van der Waals surface area contributed by atoms with E-state index in [0.29, 0.717) is 18.4 Å². The molecule has 2 unspecified atom stereocenters. The number of ketones is 1. The Kier molecular flexibility index (Phi) is 4.01. The molecule has 1 aliphatic rings. The summed E-state index contributed by atoms with van der Waals surface area (Å²) in [5.41, 5.74) is 0.566. The second-order valence-corrected chi connectivity index (χ2v) is 7.03. The molecule has 0 aromatic heterocycles. The van der Waals surface area contributed by atoms with Crippen molar-refractivity contribution in [2.75, 3.05) is 5.75 Å². The van der Waals surface area contributed by atoms with Crippen LogP contribution in [0.1, 0.15) is 30.7 Å². The van der Waals surface area contributed by atoms with Crippen LogP contribution < -0.4 is 0 Å². The molecule has 1 aromatic rings. The van der Waals surface area contributed by atoms with Crippen LogP contribution in [0.25, 0.3) is 0 Å². The first-order valence-corrected chi connectivity index (χ1v) is 7.97. The van der Waals surface area contributed by atoms with Crippen molar-refractivity contribution in [3.05, 3.63) is 35.9 Å². The third-order valence-corrected chi connectivity index (χ3v) is 5.64. The van der Waals surface area contributed by atoms with Crippen molar-refractivity contribution in [3.8, 4) is 6.07 Å². The highest BCUT2D eigenvalue weighted by Gasteiger charge is 2.38. The maximum atomic E-state index is 12.3. The molecule has 100 valence electrons. The van der Waals surface area contributed by atoms with Crippen molar-refractivity contribution >= 4 is 15.6 Å². The highest BCUT2D eigenvalue weighted by molar-refractivity contribution is 7.92. The molecule has 1 heterocycles. The van der Waals surface area contributed by atoms with Crippen LogP contribution in [0.2, 0.25) is 0 Å². The van der Waals surface area contributed by atoms with Crippen LogP contribution >= 0.6 is 0 Å². The van der Waals surface area contributed by atoms with Gasteiger partial charge in [-0.05, 0) is 18.4 Å². The molecule has 5 heteroatoms. The molecule has 0 saturated carbocycles. The average Bonchev–Trinajstić information content (AvgIpc) is 2.40. The SMILES string of the molecule is N#CC(C(=O)C1CCCCS1(=O)=O)c1ccccc1. The molecule has 19 heavy (non-hydrogen) atoms. The molecular formula is C14H15NO3S. The molecule has 0 aliphatic carbocycles. The number of benzene rings is 1. The lowest BCUT2D eigenvalue weighted by Gasteiger charge is -2.22. The predicted molar refractivity (Wildman–Crippen MR) is 71.2 cm³/mol. The molecule has 2 atom stereocenters. The van der Waals surface area contributed by atoms with Crippen LogP contribution in [-0.4, -0.2) is 25.2 Å². The Labute approximate surface area is 113 Å². The summed E-state index contributed by atoms with van der Waals surface area (Å²) in [7, 11) is -3.39. The van der Waals surface area contributed by atoms with E-state index in [1.54, 1.807) is 30.3 Å². The average molecular weight is 277 g/mol. The Hall–Kier alpha value is -1.67. The Morgan fingerprint density at radius 2 is 1.95 bits per heavy atom. The van der Waals surface area contributed by atoms with Crippen molar-refractivity contribution in [1.82, 2.24) is 0 Å². The van der Waals surface area contributed by atoms with E-state index < -0.39 is 26.8 Å². The number of rotatable bonds is 3. The van der Waals surface area contributed by atoms with Gasteiger partial charge < -0.3 is 0 Å². The van der Waals surface area contributed by atoms with Gasteiger partial charge in [-0.15, -0.1) is 0 Å². The van der Waals surface area contributed by atoms with Gasteiger partial charge in [0.25, 0.3) is 0 Å². The van der Waals surface area contributed by atoms with E-state index in [9.17, 15) is 18.5 Å². The lowest BCUT2D eigenvalue weighted by Crippen LogP contribution is -2.38. The summed E-state index contributed by atoms with van der Waals surface area (Å²) >= 11 is 0. The minimum absolute atomic E-state index is 0.0519. The zero-order chi connectivity index (χ0) is 13.9. The zero-order valence-electron chi connectivity index (χ0n) is 10.5. The van der Waals surface area contributed by atoms with Crippen LogP contribution in [0.4, 0.5) is 0 Å². The number of hydrogen-bond donors (Lipinski definition) is 0. The number of nitrogens with zero attached hydrogens (tertiary/aromatic N) is 1. The van der Waals surface area contributed by atoms with Crippen LogP contribution in [-0.2, 0) is 14.6 Å². The van der Waals surface area contributed by atoms with Gasteiger partial charge in [0.2, 0.25) is 0 Å². The van der Waals surface area contributed by atoms with Gasteiger partial charge in [-0.25, -0.2) is 8.42 Å². The van der Waals surface area contributed by atoms with Crippen molar-refractivity contribution in [3.63, 3.8) is 0 Å². The lowest BCUT2D eigenvalue weighted by molar-refractivity contribution is -0.119. The smallest absolute Gasteiger partial charge is 0.172 e. The summed E-state index contributed by atoms with van der Waals surface area (Å²) in [4.78, 5) is 12.3. The largest absolute Gasteiger partial charge is 0.296 e. The van der Waals surface area contributed by atoms with Crippen molar-refractivity contribution in [1.29, 1.82) is 5.26 Å². The summed E-state index contributed by atoms with van der Waals surface area (Å²) in [6.07, 6.45) is 1.67. The third-order valence-electron chi connectivity index (χ3n) is 3.44. The molecule has 1 aliphatic heterocycles. The van der Waals surface area contributed by atoms with Gasteiger partial charge in [-0.1, -0.05) is 36.8 Å². The Bertz CT molecular complexity index is 601. The maximum absolute atomic E-state index is 12.3. The number of hydrogen-bond acceptors (Lipinski definition) is 4. The normalized spacial score (nSPS) is 23.2. The first kappa shape index (κ1) is 13.8. The van der Waals surface area contributed by atoms with Gasteiger partial charge in [0.1, 0.15) is 11.2 Å². The second kappa shape index (κ2) is 5.54. The zero-order valence-corrected chi connectivity index (χ0v) is 11.3. The molecular weight excluding hydrogens is 262 g/mol. The summed E-state index contributed by atoms with van der Waals surface area (Å²) < 4.78 is 23.9. The van der Waals surface area contributed by atoms with Gasteiger partial charge in [0, 0.05) is 0 Å². The standard InChI is InChI=1S/C14H15NO3S/c15-10-12(11-6-2-1-3-7-11)14(16)13-8-4-5-9-19(13,17)18/h1-3,6-7,12-13H,4-5,8-9H2. The number of carbonyl (C=O) groups is 1. The molecule has 2 rings (SSSR count). The fraction of sp³-hybridized carbons (Fsp3) is 0.429.